The number of nitrogens with zero attached hydrogens (tertiary/aromatic N) is 1. The monoisotopic (exact) mass is 455 g/mol. The molecule has 0 saturated heterocycles. The first-order valence-electron chi connectivity index (χ1n) is 11.1. The van der Waals surface area contributed by atoms with Gasteiger partial charge < -0.3 is 29.7 Å². The van der Waals surface area contributed by atoms with Gasteiger partial charge in [-0.05, 0) is 49.2 Å². The van der Waals surface area contributed by atoms with Crippen molar-refractivity contribution in [1.82, 2.24) is 10.2 Å². The summed E-state index contributed by atoms with van der Waals surface area (Å²) >= 11 is 0. The van der Waals surface area contributed by atoms with Crippen LogP contribution in [0.2, 0.25) is 0 Å². The van der Waals surface area contributed by atoms with E-state index in [0.717, 1.165) is 6.54 Å². The van der Waals surface area contributed by atoms with Crippen LogP contribution in [-0.4, -0.2) is 69.8 Å². The summed E-state index contributed by atoms with van der Waals surface area (Å²) in [6, 6.07) is 12.1. The molecule has 0 fully saturated rings. The van der Waals surface area contributed by atoms with Gasteiger partial charge in [0.1, 0.15) is 18.1 Å². The second-order valence-electron chi connectivity index (χ2n) is 8.45. The Morgan fingerprint density at radius 3 is 2.70 bits per heavy atom. The minimum atomic E-state index is -0.296. The second-order valence-corrected chi connectivity index (χ2v) is 8.45. The third-order valence-electron chi connectivity index (χ3n) is 5.81. The molecule has 2 amide bonds. The minimum absolute atomic E-state index is 0.0949. The van der Waals surface area contributed by atoms with Gasteiger partial charge in [-0.15, -0.1) is 0 Å². The van der Waals surface area contributed by atoms with Gasteiger partial charge in [0, 0.05) is 44.5 Å². The number of benzene rings is 2. The first-order chi connectivity index (χ1) is 15.8. The smallest absolute Gasteiger partial charge is 0.257 e. The lowest BCUT2D eigenvalue weighted by Gasteiger charge is -2.30. The van der Waals surface area contributed by atoms with Gasteiger partial charge in [-0.3, -0.25) is 9.59 Å². The highest BCUT2D eigenvalue weighted by molar-refractivity contribution is 6.05. The predicted octanol–water partition coefficient (Wildman–Crippen LogP) is 3.04. The van der Waals surface area contributed by atoms with Crippen molar-refractivity contribution in [3.63, 3.8) is 0 Å². The topological polar surface area (TPSA) is 89.1 Å². The van der Waals surface area contributed by atoms with Crippen LogP contribution in [0.1, 0.15) is 34.6 Å². The third-order valence-corrected chi connectivity index (χ3v) is 5.81. The molecule has 0 unspecified atom stereocenters. The highest BCUT2D eigenvalue weighted by Gasteiger charge is 2.25. The Labute approximate surface area is 195 Å². The summed E-state index contributed by atoms with van der Waals surface area (Å²) in [5, 5.41) is 6.32. The largest absolute Gasteiger partial charge is 0.497 e. The zero-order chi connectivity index (χ0) is 24.0. The molecule has 1 heterocycles. The Morgan fingerprint density at radius 2 is 1.97 bits per heavy atom. The Hall–Kier alpha value is -3.10. The maximum absolute atomic E-state index is 13.3. The van der Waals surface area contributed by atoms with Crippen LogP contribution in [0, 0.1) is 5.92 Å². The normalized spacial score (nSPS) is 21.8. The molecular formula is C25H33N3O5. The molecule has 0 aliphatic carbocycles. The Balaban J connectivity index is 1.88. The van der Waals surface area contributed by atoms with E-state index in [9.17, 15) is 9.59 Å². The SMILES string of the molecule is COc1cccc(C(=O)Nc2ccc3c(c2)C(=O)N(C)C[C@@H](OC)[C@@H](C)CN[C@H](C)CO3)c1. The summed E-state index contributed by atoms with van der Waals surface area (Å²) in [5.41, 5.74) is 1.34. The first kappa shape index (κ1) is 24.5. The number of hydrogen-bond donors (Lipinski definition) is 2. The maximum Gasteiger partial charge on any atom is 0.257 e. The van der Waals surface area contributed by atoms with E-state index in [1.54, 1.807) is 68.6 Å². The standard InChI is InChI=1S/C25H33N3O5/c1-16-13-26-17(2)15-33-22-10-9-19(12-21(22)25(30)28(3)14-23(16)32-5)27-24(29)18-7-6-8-20(11-18)31-4/h6-12,16-17,23,26H,13-15H2,1-5H3,(H,27,29)/t16-,17+,23+/m0/s1. The van der Waals surface area contributed by atoms with Gasteiger partial charge in [-0.1, -0.05) is 13.0 Å². The highest BCUT2D eigenvalue weighted by Crippen LogP contribution is 2.26. The molecular weight excluding hydrogens is 422 g/mol. The van der Waals surface area contributed by atoms with E-state index in [4.69, 9.17) is 14.2 Å². The van der Waals surface area contributed by atoms with Crippen molar-refractivity contribution in [2.24, 2.45) is 5.92 Å². The van der Waals surface area contributed by atoms with Crippen LogP contribution in [0.15, 0.2) is 42.5 Å². The highest BCUT2D eigenvalue weighted by atomic mass is 16.5. The van der Waals surface area contributed by atoms with Crippen molar-refractivity contribution in [3.8, 4) is 11.5 Å². The van der Waals surface area contributed by atoms with Gasteiger partial charge >= 0.3 is 0 Å². The van der Waals surface area contributed by atoms with Crippen LogP contribution < -0.4 is 20.1 Å². The molecule has 1 aliphatic heterocycles. The van der Waals surface area contributed by atoms with Crippen LogP contribution in [0.4, 0.5) is 5.69 Å². The second kappa shape index (κ2) is 11.2. The molecule has 33 heavy (non-hydrogen) atoms. The summed E-state index contributed by atoms with van der Waals surface area (Å²) < 4.78 is 16.8. The number of hydrogen-bond acceptors (Lipinski definition) is 6. The molecule has 2 aromatic rings. The van der Waals surface area contributed by atoms with Gasteiger partial charge in [0.25, 0.3) is 11.8 Å². The molecule has 8 heteroatoms. The number of carbonyl (C=O) groups is 2. The maximum atomic E-state index is 13.3. The first-order valence-corrected chi connectivity index (χ1v) is 11.1. The Morgan fingerprint density at radius 1 is 1.18 bits per heavy atom. The van der Waals surface area contributed by atoms with Crippen LogP contribution in [0.3, 0.4) is 0 Å². The van der Waals surface area contributed by atoms with Crippen LogP contribution in [0.5, 0.6) is 11.5 Å². The van der Waals surface area contributed by atoms with E-state index in [-0.39, 0.29) is 29.9 Å². The number of methoxy groups -OCH3 is 2. The van der Waals surface area contributed by atoms with Crippen molar-refractivity contribution >= 4 is 17.5 Å². The van der Waals surface area contributed by atoms with Crippen molar-refractivity contribution < 1.29 is 23.8 Å². The van der Waals surface area contributed by atoms with Gasteiger partial charge in [-0.25, -0.2) is 0 Å². The molecule has 0 aromatic heterocycles. The lowest BCUT2D eigenvalue weighted by atomic mass is 10.0. The zero-order valence-electron chi connectivity index (χ0n) is 19.9. The van der Waals surface area contributed by atoms with E-state index >= 15 is 0 Å². The molecule has 0 bridgehead atoms. The Bertz CT molecular complexity index is 980. The predicted molar refractivity (Wildman–Crippen MR) is 127 cm³/mol. The fraction of sp³-hybridized carbons (Fsp3) is 0.440. The van der Waals surface area contributed by atoms with E-state index in [1.807, 2.05) is 6.92 Å². The molecule has 1 aliphatic rings. The van der Waals surface area contributed by atoms with E-state index in [1.165, 1.54) is 0 Å². The molecule has 0 saturated carbocycles. The molecule has 8 nitrogen and oxygen atoms in total. The number of fused-ring (bicyclic) bond motifs is 1. The van der Waals surface area contributed by atoms with Crippen LogP contribution in [-0.2, 0) is 4.74 Å². The van der Waals surface area contributed by atoms with Gasteiger partial charge in [-0.2, -0.15) is 0 Å². The molecule has 2 aromatic carbocycles. The lowest BCUT2D eigenvalue weighted by molar-refractivity contribution is 0.0281. The number of rotatable bonds is 4. The molecule has 3 rings (SSSR count). The molecule has 3 atom stereocenters. The summed E-state index contributed by atoms with van der Waals surface area (Å²) in [7, 11) is 4.96. The van der Waals surface area contributed by atoms with E-state index in [0.29, 0.717) is 41.5 Å². The number of anilines is 1. The van der Waals surface area contributed by atoms with Gasteiger partial charge in [0.15, 0.2) is 0 Å². The van der Waals surface area contributed by atoms with Crippen LogP contribution in [0.25, 0.3) is 0 Å². The van der Waals surface area contributed by atoms with Crippen molar-refractivity contribution in [2.45, 2.75) is 26.0 Å². The quantitative estimate of drug-likeness (QED) is 0.737. The molecule has 178 valence electrons. The zero-order valence-corrected chi connectivity index (χ0v) is 19.9. The number of amides is 2. The number of nitrogens with one attached hydrogen (secondary N) is 2. The summed E-state index contributed by atoms with van der Waals surface area (Å²) in [4.78, 5) is 27.7. The average Bonchev–Trinajstić information content (AvgIpc) is 2.83. The molecule has 2 N–H and O–H groups in total. The van der Waals surface area contributed by atoms with Crippen molar-refractivity contribution in [3.05, 3.63) is 53.6 Å². The number of likely N-dealkylation sites (N-methyl/N-ethyl adjacent to an activating group) is 1. The van der Waals surface area contributed by atoms with Crippen LogP contribution >= 0.6 is 0 Å². The number of ether oxygens (including phenoxy) is 3. The minimum Gasteiger partial charge on any atom is -0.497 e. The average molecular weight is 456 g/mol. The van der Waals surface area contributed by atoms with Crippen molar-refractivity contribution in [2.75, 3.05) is 46.3 Å². The summed E-state index contributed by atoms with van der Waals surface area (Å²) in [5.74, 6) is 0.783. The lowest BCUT2D eigenvalue weighted by Crippen LogP contribution is -2.44. The summed E-state index contributed by atoms with van der Waals surface area (Å²) in [6.07, 6.45) is -0.113. The Kier molecular flexibility index (Phi) is 8.30. The summed E-state index contributed by atoms with van der Waals surface area (Å²) in [6.45, 7) is 5.74. The third kappa shape index (κ3) is 6.24. The van der Waals surface area contributed by atoms with Gasteiger partial charge in [0.2, 0.25) is 0 Å². The van der Waals surface area contributed by atoms with E-state index < -0.39 is 0 Å². The fourth-order valence-corrected chi connectivity index (χ4v) is 3.71. The van der Waals surface area contributed by atoms with E-state index in [2.05, 4.69) is 17.6 Å². The van der Waals surface area contributed by atoms with Crippen molar-refractivity contribution in [1.29, 1.82) is 0 Å². The fourth-order valence-electron chi connectivity index (χ4n) is 3.71. The molecule has 0 radical (unpaired) electrons. The van der Waals surface area contributed by atoms with Gasteiger partial charge in [0.05, 0.1) is 18.8 Å². The molecule has 0 spiro atoms. The number of carbonyl (C=O) groups excluding carboxylic acids is 2.